The molecular weight excluding hydrogens is 338 g/mol. The van der Waals surface area contributed by atoms with Gasteiger partial charge < -0.3 is 9.64 Å². The number of ether oxygens (including phenoxy) is 1. The SMILES string of the molecule is C=CCN1CCC2(CCC1=O)CN(Cc1ccccc1OCC)CCN2C. The van der Waals surface area contributed by atoms with Gasteiger partial charge in [0.2, 0.25) is 5.91 Å². The number of likely N-dealkylation sites (tertiary alicyclic amines) is 1. The zero-order chi connectivity index (χ0) is 19.3. The number of carbonyl (C=O) groups is 1. The van der Waals surface area contributed by atoms with E-state index in [1.165, 1.54) is 5.56 Å². The van der Waals surface area contributed by atoms with Gasteiger partial charge in [-0.25, -0.2) is 0 Å². The van der Waals surface area contributed by atoms with Crippen LogP contribution in [0.2, 0.25) is 0 Å². The van der Waals surface area contributed by atoms with E-state index in [1.54, 1.807) is 0 Å². The third kappa shape index (κ3) is 4.53. The van der Waals surface area contributed by atoms with Gasteiger partial charge in [-0.1, -0.05) is 24.3 Å². The number of amides is 1. The lowest BCUT2D eigenvalue weighted by Gasteiger charge is -2.49. The highest BCUT2D eigenvalue weighted by Gasteiger charge is 2.42. The van der Waals surface area contributed by atoms with Crippen LogP contribution in [0.15, 0.2) is 36.9 Å². The van der Waals surface area contributed by atoms with Gasteiger partial charge in [0.15, 0.2) is 0 Å². The van der Waals surface area contributed by atoms with E-state index in [0.29, 0.717) is 19.6 Å². The first-order chi connectivity index (χ1) is 13.1. The molecule has 2 aliphatic heterocycles. The van der Waals surface area contributed by atoms with E-state index < -0.39 is 0 Å². The Morgan fingerprint density at radius 1 is 1.22 bits per heavy atom. The Morgan fingerprint density at radius 3 is 2.81 bits per heavy atom. The number of benzene rings is 1. The van der Waals surface area contributed by atoms with E-state index in [1.807, 2.05) is 24.0 Å². The molecule has 0 aliphatic carbocycles. The van der Waals surface area contributed by atoms with E-state index in [4.69, 9.17) is 4.74 Å². The third-order valence-corrected chi connectivity index (χ3v) is 6.10. The molecule has 2 saturated heterocycles. The lowest BCUT2D eigenvalue weighted by Crippen LogP contribution is -2.60. The second-order valence-corrected chi connectivity index (χ2v) is 7.78. The molecule has 0 saturated carbocycles. The minimum atomic E-state index is 0.0738. The predicted octanol–water partition coefficient (Wildman–Crippen LogP) is 2.77. The van der Waals surface area contributed by atoms with Gasteiger partial charge in [0, 0.05) is 56.8 Å². The van der Waals surface area contributed by atoms with Crippen molar-refractivity contribution in [2.45, 2.75) is 38.3 Å². The Balaban J connectivity index is 1.72. The highest BCUT2D eigenvalue weighted by Crippen LogP contribution is 2.33. The maximum absolute atomic E-state index is 12.5. The molecule has 2 heterocycles. The van der Waals surface area contributed by atoms with Crippen molar-refractivity contribution in [1.82, 2.24) is 14.7 Å². The topological polar surface area (TPSA) is 36.0 Å². The van der Waals surface area contributed by atoms with Gasteiger partial charge in [-0.05, 0) is 32.9 Å². The van der Waals surface area contributed by atoms with Gasteiger partial charge >= 0.3 is 0 Å². The molecule has 1 aromatic rings. The summed E-state index contributed by atoms with van der Waals surface area (Å²) in [6.45, 7) is 12.0. The number of hydrogen-bond donors (Lipinski definition) is 0. The Morgan fingerprint density at radius 2 is 2.04 bits per heavy atom. The Labute approximate surface area is 163 Å². The predicted molar refractivity (Wildman–Crippen MR) is 109 cm³/mol. The average Bonchev–Trinajstić information content (AvgIpc) is 2.82. The molecular formula is C22H33N3O2. The zero-order valence-electron chi connectivity index (χ0n) is 16.8. The lowest BCUT2D eigenvalue weighted by atomic mass is 9.86. The van der Waals surface area contributed by atoms with Crippen molar-refractivity contribution in [1.29, 1.82) is 0 Å². The van der Waals surface area contributed by atoms with Crippen LogP contribution in [0.4, 0.5) is 0 Å². The largest absolute Gasteiger partial charge is 0.494 e. The van der Waals surface area contributed by atoms with E-state index in [0.717, 1.165) is 51.3 Å². The normalized spacial score (nSPS) is 24.8. The maximum Gasteiger partial charge on any atom is 0.222 e. The van der Waals surface area contributed by atoms with Gasteiger partial charge in [0.25, 0.3) is 0 Å². The number of carbonyl (C=O) groups excluding carboxylic acids is 1. The highest BCUT2D eigenvalue weighted by atomic mass is 16.5. The maximum atomic E-state index is 12.5. The molecule has 2 fully saturated rings. The van der Waals surface area contributed by atoms with Crippen LogP contribution in [0.25, 0.3) is 0 Å². The monoisotopic (exact) mass is 371 g/mol. The molecule has 148 valence electrons. The van der Waals surface area contributed by atoms with E-state index >= 15 is 0 Å². The van der Waals surface area contributed by atoms with E-state index in [9.17, 15) is 4.79 Å². The number of hydrogen-bond acceptors (Lipinski definition) is 4. The molecule has 3 rings (SSSR count). The van der Waals surface area contributed by atoms with Gasteiger partial charge in [-0.2, -0.15) is 0 Å². The molecule has 1 unspecified atom stereocenters. The molecule has 0 N–H and O–H groups in total. The van der Waals surface area contributed by atoms with Gasteiger partial charge in [0.05, 0.1) is 6.61 Å². The quantitative estimate of drug-likeness (QED) is 0.721. The van der Waals surface area contributed by atoms with Gasteiger partial charge in [-0.3, -0.25) is 14.6 Å². The molecule has 5 nitrogen and oxygen atoms in total. The molecule has 1 spiro atoms. The average molecular weight is 372 g/mol. The first kappa shape index (κ1) is 19.9. The molecule has 1 atom stereocenters. The van der Waals surface area contributed by atoms with Crippen molar-refractivity contribution in [3.8, 4) is 5.75 Å². The minimum Gasteiger partial charge on any atom is -0.494 e. The van der Waals surface area contributed by atoms with Crippen LogP contribution in [-0.2, 0) is 11.3 Å². The molecule has 0 aromatic heterocycles. The van der Waals surface area contributed by atoms with Crippen molar-refractivity contribution >= 4 is 5.91 Å². The molecule has 5 heteroatoms. The van der Waals surface area contributed by atoms with Crippen molar-refractivity contribution in [3.05, 3.63) is 42.5 Å². The fraction of sp³-hybridized carbons (Fsp3) is 0.591. The second-order valence-electron chi connectivity index (χ2n) is 7.78. The Kier molecular flexibility index (Phi) is 6.55. The van der Waals surface area contributed by atoms with Crippen LogP contribution < -0.4 is 4.74 Å². The van der Waals surface area contributed by atoms with Crippen LogP contribution in [0.5, 0.6) is 5.75 Å². The number of para-hydroxylation sites is 1. The second kappa shape index (κ2) is 8.89. The number of likely N-dealkylation sites (N-methyl/N-ethyl adjacent to an activating group) is 1. The summed E-state index contributed by atoms with van der Waals surface area (Å²) in [7, 11) is 2.22. The first-order valence-corrected chi connectivity index (χ1v) is 10.1. The van der Waals surface area contributed by atoms with Crippen LogP contribution >= 0.6 is 0 Å². The highest BCUT2D eigenvalue weighted by molar-refractivity contribution is 5.76. The molecule has 1 amide bonds. The van der Waals surface area contributed by atoms with Gasteiger partial charge in [-0.15, -0.1) is 6.58 Å². The van der Waals surface area contributed by atoms with E-state index in [2.05, 4.69) is 41.6 Å². The van der Waals surface area contributed by atoms with Crippen LogP contribution in [0, 0.1) is 0 Å². The third-order valence-electron chi connectivity index (χ3n) is 6.10. The van der Waals surface area contributed by atoms with Crippen molar-refractivity contribution in [2.24, 2.45) is 0 Å². The fourth-order valence-electron chi connectivity index (χ4n) is 4.43. The minimum absolute atomic E-state index is 0.0738. The summed E-state index contributed by atoms with van der Waals surface area (Å²) in [4.78, 5) is 19.4. The first-order valence-electron chi connectivity index (χ1n) is 10.1. The number of piperazine rings is 1. The summed E-state index contributed by atoms with van der Waals surface area (Å²) in [5, 5.41) is 0. The Bertz CT molecular complexity index is 663. The molecule has 1 aromatic carbocycles. The van der Waals surface area contributed by atoms with Crippen molar-refractivity contribution < 1.29 is 9.53 Å². The molecule has 0 bridgehead atoms. The zero-order valence-corrected chi connectivity index (χ0v) is 16.8. The van der Waals surface area contributed by atoms with Crippen LogP contribution in [0.3, 0.4) is 0 Å². The standard InChI is InChI=1S/C22H33N3O2/c1-4-13-25-14-12-22(11-10-21(25)26)18-24(16-15-23(22)3)17-19-8-6-7-9-20(19)27-5-2/h4,6-9H,1,5,10-18H2,2-3H3. The summed E-state index contributed by atoms with van der Waals surface area (Å²) >= 11 is 0. The van der Waals surface area contributed by atoms with Gasteiger partial charge in [0.1, 0.15) is 5.75 Å². The Hall–Kier alpha value is -1.85. The molecule has 0 radical (unpaired) electrons. The van der Waals surface area contributed by atoms with E-state index in [-0.39, 0.29) is 11.4 Å². The summed E-state index contributed by atoms with van der Waals surface area (Å²) in [6, 6.07) is 8.34. The molecule has 27 heavy (non-hydrogen) atoms. The molecule has 2 aliphatic rings. The summed E-state index contributed by atoms with van der Waals surface area (Å²) in [5.74, 6) is 1.25. The smallest absolute Gasteiger partial charge is 0.222 e. The van der Waals surface area contributed by atoms with Crippen molar-refractivity contribution in [3.63, 3.8) is 0 Å². The number of rotatable bonds is 6. The summed E-state index contributed by atoms with van der Waals surface area (Å²) in [6.07, 6.45) is 4.41. The van der Waals surface area contributed by atoms with Crippen molar-refractivity contribution in [2.75, 3.05) is 46.4 Å². The fourth-order valence-corrected chi connectivity index (χ4v) is 4.43. The van der Waals surface area contributed by atoms with Crippen LogP contribution in [-0.4, -0.2) is 72.5 Å². The summed E-state index contributed by atoms with van der Waals surface area (Å²) in [5.41, 5.74) is 1.32. The summed E-state index contributed by atoms with van der Waals surface area (Å²) < 4.78 is 5.81. The van der Waals surface area contributed by atoms with Crippen LogP contribution in [0.1, 0.15) is 31.7 Å². The number of nitrogens with zero attached hydrogens (tertiary/aromatic N) is 3. The lowest BCUT2D eigenvalue weighted by molar-refractivity contribution is -0.130.